The van der Waals surface area contributed by atoms with Gasteiger partial charge in [0.15, 0.2) is 0 Å². The van der Waals surface area contributed by atoms with Gasteiger partial charge in [0.1, 0.15) is 12.4 Å². The predicted molar refractivity (Wildman–Crippen MR) is 96.9 cm³/mol. The molecule has 2 aromatic rings. The van der Waals surface area contributed by atoms with E-state index in [4.69, 9.17) is 4.74 Å². The van der Waals surface area contributed by atoms with Gasteiger partial charge in [-0.25, -0.2) is 4.39 Å². The number of fused-ring (bicyclic) bond motifs is 1. The molecule has 0 radical (unpaired) electrons. The first kappa shape index (κ1) is 18.7. The Bertz CT molecular complexity index is 875. The maximum atomic E-state index is 13.5. The number of imide groups is 1. The van der Waals surface area contributed by atoms with Crippen LogP contribution in [0.5, 0.6) is 0 Å². The van der Waals surface area contributed by atoms with Gasteiger partial charge >= 0.3 is 0 Å². The Morgan fingerprint density at radius 3 is 2.19 bits per heavy atom. The molecule has 2 aromatic carbocycles. The topological polar surface area (TPSA) is 75.7 Å². The Labute approximate surface area is 155 Å². The average Bonchev–Trinajstić information content (AvgIpc) is 2.89. The fourth-order valence-electron chi connectivity index (χ4n) is 2.95. The third kappa shape index (κ3) is 3.73. The molecule has 1 heterocycles. The summed E-state index contributed by atoms with van der Waals surface area (Å²) in [6.07, 6.45) is 0. The molecule has 7 heteroatoms. The Balaban J connectivity index is 1.59. The van der Waals surface area contributed by atoms with Crippen LogP contribution in [-0.2, 0) is 9.53 Å². The zero-order valence-electron chi connectivity index (χ0n) is 15.0. The van der Waals surface area contributed by atoms with Crippen molar-refractivity contribution in [1.82, 2.24) is 4.90 Å². The zero-order valence-corrected chi connectivity index (χ0v) is 15.0. The number of anilines is 1. The van der Waals surface area contributed by atoms with Gasteiger partial charge in [0.25, 0.3) is 11.8 Å². The van der Waals surface area contributed by atoms with Crippen molar-refractivity contribution in [3.8, 4) is 0 Å². The van der Waals surface area contributed by atoms with E-state index in [9.17, 15) is 18.8 Å². The predicted octanol–water partition coefficient (Wildman–Crippen LogP) is 2.86. The molecule has 6 nitrogen and oxygen atoms in total. The summed E-state index contributed by atoms with van der Waals surface area (Å²) in [4.78, 5) is 38.2. The number of para-hydroxylation sites is 1. The number of rotatable bonds is 6. The molecule has 0 saturated carbocycles. The Morgan fingerprint density at radius 1 is 1.04 bits per heavy atom. The minimum Gasteiger partial charge on any atom is -0.369 e. The highest BCUT2D eigenvalue weighted by atomic mass is 19.1. The number of nitrogens with zero attached hydrogens (tertiary/aromatic N) is 1. The van der Waals surface area contributed by atoms with E-state index in [1.807, 2.05) is 0 Å². The summed E-state index contributed by atoms with van der Waals surface area (Å²) >= 11 is 0. The van der Waals surface area contributed by atoms with E-state index >= 15 is 0 Å². The minimum absolute atomic E-state index is 0.0385. The quantitative estimate of drug-likeness (QED) is 0.794. The van der Waals surface area contributed by atoms with E-state index in [0.29, 0.717) is 11.1 Å². The lowest BCUT2D eigenvalue weighted by Gasteiger charge is -2.33. The number of hydrogen-bond donors (Lipinski definition) is 1. The van der Waals surface area contributed by atoms with Crippen molar-refractivity contribution in [2.75, 3.05) is 18.5 Å². The highest BCUT2D eigenvalue weighted by molar-refractivity contribution is 6.21. The first-order valence-electron chi connectivity index (χ1n) is 8.41. The van der Waals surface area contributed by atoms with E-state index < -0.39 is 17.3 Å². The van der Waals surface area contributed by atoms with Crippen LogP contribution in [0.15, 0.2) is 48.5 Å². The van der Waals surface area contributed by atoms with Crippen molar-refractivity contribution >= 4 is 23.4 Å². The highest BCUT2D eigenvalue weighted by Crippen LogP contribution is 2.29. The fraction of sp³-hybridized carbons (Fsp3) is 0.250. The molecule has 0 saturated heterocycles. The molecular weight excluding hydrogens is 351 g/mol. The lowest BCUT2D eigenvalue weighted by molar-refractivity contribution is -0.121. The van der Waals surface area contributed by atoms with Crippen molar-refractivity contribution in [1.29, 1.82) is 0 Å². The molecule has 27 heavy (non-hydrogen) atoms. The average molecular weight is 370 g/mol. The molecule has 3 rings (SSSR count). The van der Waals surface area contributed by atoms with Gasteiger partial charge in [0, 0.05) is 0 Å². The summed E-state index contributed by atoms with van der Waals surface area (Å²) in [5, 5.41) is 2.41. The number of amides is 3. The molecule has 0 aliphatic carbocycles. The number of benzene rings is 2. The number of halogens is 1. The second kappa shape index (κ2) is 7.28. The summed E-state index contributed by atoms with van der Waals surface area (Å²) in [7, 11) is 0. The number of ether oxygens (including phenoxy) is 1. The third-order valence-electron chi connectivity index (χ3n) is 4.24. The number of carbonyl (C=O) groups is 3. The van der Waals surface area contributed by atoms with Gasteiger partial charge in [-0.15, -0.1) is 0 Å². The summed E-state index contributed by atoms with van der Waals surface area (Å²) in [6, 6.07) is 12.4. The first-order chi connectivity index (χ1) is 12.8. The summed E-state index contributed by atoms with van der Waals surface area (Å²) in [5.41, 5.74) is -0.183. The Kier molecular flexibility index (Phi) is 5.05. The van der Waals surface area contributed by atoms with Gasteiger partial charge < -0.3 is 10.1 Å². The molecule has 0 atom stereocenters. The van der Waals surface area contributed by atoms with Crippen LogP contribution in [-0.4, -0.2) is 41.4 Å². The van der Waals surface area contributed by atoms with Crippen molar-refractivity contribution in [2.24, 2.45) is 0 Å². The van der Waals surface area contributed by atoms with E-state index in [-0.39, 0.29) is 30.7 Å². The molecule has 0 spiro atoms. The zero-order chi connectivity index (χ0) is 19.6. The maximum absolute atomic E-state index is 13.5. The van der Waals surface area contributed by atoms with E-state index in [1.165, 1.54) is 18.2 Å². The lowest BCUT2D eigenvalue weighted by Crippen LogP contribution is -2.50. The Morgan fingerprint density at radius 2 is 1.59 bits per heavy atom. The number of nitrogens with one attached hydrogen (secondary N) is 1. The molecule has 1 aliphatic rings. The van der Waals surface area contributed by atoms with Gasteiger partial charge in [-0.2, -0.15) is 0 Å². The van der Waals surface area contributed by atoms with Crippen LogP contribution >= 0.6 is 0 Å². The molecule has 140 valence electrons. The molecule has 3 amide bonds. The fourth-order valence-corrected chi connectivity index (χ4v) is 2.95. The van der Waals surface area contributed by atoms with Gasteiger partial charge in [-0.1, -0.05) is 24.3 Å². The van der Waals surface area contributed by atoms with E-state index in [0.717, 1.165) is 4.90 Å². The van der Waals surface area contributed by atoms with Crippen LogP contribution in [0.2, 0.25) is 0 Å². The number of hydrogen-bond acceptors (Lipinski definition) is 4. The smallest absolute Gasteiger partial charge is 0.262 e. The van der Waals surface area contributed by atoms with Crippen molar-refractivity contribution in [2.45, 2.75) is 19.4 Å². The van der Waals surface area contributed by atoms with Crippen LogP contribution < -0.4 is 5.32 Å². The minimum atomic E-state index is -0.953. The van der Waals surface area contributed by atoms with Crippen molar-refractivity contribution in [3.63, 3.8) is 0 Å². The summed E-state index contributed by atoms with van der Waals surface area (Å²) in [5.74, 6) is -1.85. The molecule has 0 unspecified atom stereocenters. The molecule has 1 N–H and O–H groups in total. The second-order valence-electron chi connectivity index (χ2n) is 6.82. The van der Waals surface area contributed by atoms with Gasteiger partial charge in [0.2, 0.25) is 5.91 Å². The largest absolute Gasteiger partial charge is 0.369 e. The van der Waals surface area contributed by atoms with Crippen LogP contribution in [0, 0.1) is 5.82 Å². The molecule has 0 aromatic heterocycles. The molecule has 1 aliphatic heterocycles. The van der Waals surface area contributed by atoms with Crippen molar-refractivity contribution < 1.29 is 23.5 Å². The second-order valence-corrected chi connectivity index (χ2v) is 6.82. The van der Waals surface area contributed by atoms with E-state index in [1.54, 1.807) is 44.2 Å². The molecule has 0 bridgehead atoms. The van der Waals surface area contributed by atoms with Gasteiger partial charge in [-0.05, 0) is 38.1 Å². The SMILES string of the molecule is CC(C)(COCC(=O)Nc1ccccc1F)N1C(=O)c2ccccc2C1=O. The lowest BCUT2D eigenvalue weighted by atomic mass is 10.0. The van der Waals surface area contributed by atoms with Gasteiger partial charge in [0.05, 0.1) is 29.0 Å². The number of carbonyl (C=O) groups excluding carboxylic acids is 3. The summed E-state index contributed by atoms with van der Waals surface area (Å²) < 4.78 is 18.9. The van der Waals surface area contributed by atoms with Crippen LogP contribution in [0.4, 0.5) is 10.1 Å². The maximum Gasteiger partial charge on any atom is 0.262 e. The monoisotopic (exact) mass is 370 g/mol. The van der Waals surface area contributed by atoms with Crippen LogP contribution in [0.1, 0.15) is 34.6 Å². The standard InChI is InChI=1S/C20H19FN2O4/c1-20(2,23-18(25)13-7-3-4-8-14(13)19(23)26)12-27-11-17(24)22-16-10-6-5-9-15(16)21/h3-10H,11-12H2,1-2H3,(H,22,24). The van der Waals surface area contributed by atoms with Crippen LogP contribution in [0.3, 0.4) is 0 Å². The molecule has 0 fully saturated rings. The third-order valence-corrected chi connectivity index (χ3v) is 4.24. The molecular formula is C20H19FN2O4. The normalized spacial score (nSPS) is 13.7. The first-order valence-corrected chi connectivity index (χ1v) is 8.41. The highest BCUT2D eigenvalue weighted by Gasteiger charge is 2.44. The Hall–Kier alpha value is -3.06. The van der Waals surface area contributed by atoms with Gasteiger partial charge in [-0.3, -0.25) is 19.3 Å². The van der Waals surface area contributed by atoms with Crippen LogP contribution in [0.25, 0.3) is 0 Å². The van der Waals surface area contributed by atoms with Crippen molar-refractivity contribution in [3.05, 3.63) is 65.5 Å². The van der Waals surface area contributed by atoms with E-state index in [2.05, 4.69) is 5.32 Å². The summed E-state index contributed by atoms with van der Waals surface area (Å²) in [6.45, 7) is 3.00.